The fourth-order valence-corrected chi connectivity index (χ4v) is 4.90. The molecule has 0 saturated carbocycles. The summed E-state index contributed by atoms with van der Waals surface area (Å²) in [6, 6.07) is 30.8. The van der Waals surface area contributed by atoms with Crippen LogP contribution in [0.3, 0.4) is 0 Å². The highest BCUT2D eigenvalue weighted by Crippen LogP contribution is 2.41. The molecule has 0 aromatic heterocycles. The van der Waals surface area contributed by atoms with Gasteiger partial charge in [0, 0.05) is 19.2 Å². The lowest BCUT2D eigenvalue weighted by Crippen LogP contribution is -2.32. The summed E-state index contributed by atoms with van der Waals surface area (Å²) in [5.41, 5.74) is 2.84. The van der Waals surface area contributed by atoms with Gasteiger partial charge in [-0.2, -0.15) is 0 Å². The van der Waals surface area contributed by atoms with Gasteiger partial charge in [0.25, 0.3) is 11.7 Å². The normalized spacial score (nSPS) is 16.1. The van der Waals surface area contributed by atoms with Crippen LogP contribution in [0.25, 0.3) is 5.76 Å². The zero-order valence-corrected chi connectivity index (χ0v) is 22.9. The first kappa shape index (κ1) is 27.7. The monoisotopic (exact) mass is 549 g/mol. The number of rotatable bonds is 10. The Balaban J connectivity index is 1.50. The lowest BCUT2D eigenvalue weighted by atomic mass is 9.93. The molecule has 0 bridgehead atoms. The number of aliphatic hydroxyl groups excluding tert-OH is 1. The topological polar surface area (TPSA) is 85.3 Å². The van der Waals surface area contributed by atoms with Gasteiger partial charge in [0.2, 0.25) is 0 Å². The number of benzene rings is 4. The Hall–Kier alpha value is -4.88. The summed E-state index contributed by atoms with van der Waals surface area (Å²) in [5.74, 6) is 0.149. The zero-order valence-electron chi connectivity index (χ0n) is 22.9. The molecule has 1 saturated heterocycles. The second-order valence-electron chi connectivity index (χ2n) is 9.72. The molecule has 1 N–H and O–H groups in total. The van der Waals surface area contributed by atoms with Crippen LogP contribution < -0.4 is 9.47 Å². The number of ketones is 1. The van der Waals surface area contributed by atoms with E-state index in [-0.39, 0.29) is 24.5 Å². The van der Waals surface area contributed by atoms with Crippen LogP contribution in [0, 0.1) is 6.92 Å². The molecule has 1 aliphatic heterocycles. The van der Waals surface area contributed by atoms with E-state index in [4.69, 9.17) is 14.2 Å². The van der Waals surface area contributed by atoms with Crippen molar-refractivity contribution in [2.75, 3.05) is 20.3 Å². The predicted molar refractivity (Wildman–Crippen MR) is 156 cm³/mol. The van der Waals surface area contributed by atoms with E-state index in [0.29, 0.717) is 40.5 Å². The van der Waals surface area contributed by atoms with Gasteiger partial charge in [0.1, 0.15) is 29.6 Å². The number of para-hydroxylation sites is 1. The molecule has 1 amide bonds. The predicted octanol–water partition coefficient (Wildman–Crippen LogP) is 6.43. The molecule has 0 aliphatic carbocycles. The Kier molecular flexibility index (Phi) is 8.46. The quantitative estimate of drug-likeness (QED) is 0.139. The molecule has 41 heavy (non-hydrogen) atoms. The highest BCUT2D eigenvalue weighted by atomic mass is 16.5. The molecule has 7 nitrogen and oxygen atoms in total. The molecule has 0 spiro atoms. The van der Waals surface area contributed by atoms with Crippen molar-refractivity contribution in [3.05, 3.63) is 131 Å². The number of Topliss-reactive ketones (excluding diaryl/α,β-unsaturated/α-hetero) is 1. The maximum absolute atomic E-state index is 13.4. The summed E-state index contributed by atoms with van der Waals surface area (Å²) in [5, 5.41) is 11.5. The molecule has 7 heteroatoms. The number of aryl methyl sites for hydroxylation is 1. The summed E-state index contributed by atoms with van der Waals surface area (Å²) < 4.78 is 17.2. The number of nitrogens with zero attached hydrogens (tertiary/aromatic N) is 1. The Bertz CT molecular complexity index is 1560. The molecule has 1 aliphatic rings. The molecule has 0 radical (unpaired) electrons. The van der Waals surface area contributed by atoms with E-state index >= 15 is 0 Å². The molecule has 4 aromatic carbocycles. The average molecular weight is 550 g/mol. The van der Waals surface area contributed by atoms with Gasteiger partial charge in [-0.15, -0.1) is 0 Å². The Labute approximate surface area is 239 Å². The molecule has 4 aromatic rings. The van der Waals surface area contributed by atoms with Crippen LogP contribution in [-0.4, -0.2) is 42.0 Å². The number of ether oxygens (including phenoxy) is 3. The van der Waals surface area contributed by atoms with E-state index in [0.717, 1.165) is 5.56 Å². The van der Waals surface area contributed by atoms with E-state index in [1.807, 2.05) is 79.7 Å². The van der Waals surface area contributed by atoms with E-state index in [1.54, 1.807) is 30.3 Å². The van der Waals surface area contributed by atoms with Gasteiger partial charge in [-0.3, -0.25) is 9.59 Å². The highest BCUT2D eigenvalue weighted by Gasteiger charge is 2.46. The summed E-state index contributed by atoms with van der Waals surface area (Å²) in [4.78, 5) is 28.0. The van der Waals surface area contributed by atoms with Crippen molar-refractivity contribution >= 4 is 17.4 Å². The maximum atomic E-state index is 13.4. The number of likely N-dealkylation sites (tertiary alicyclic amines) is 1. The number of carbonyl (C=O) groups is 2. The van der Waals surface area contributed by atoms with Crippen LogP contribution >= 0.6 is 0 Å². The maximum Gasteiger partial charge on any atom is 0.295 e. The van der Waals surface area contributed by atoms with E-state index in [9.17, 15) is 14.7 Å². The molecule has 1 unspecified atom stereocenters. The minimum Gasteiger partial charge on any atom is -0.507 e. The molecule has 1 atom stereocenters. The van der Waals surface area contributed by atoms with Crippen molar-refractivity contribution in [2.45, 2.75) is 19.6 Å². The zero-order chi connectivity index (χ0) is 28.8. The van der Waals surface area contributed by atoms with Gasteiger partial charge in [0.15, 0.2) is 0 Å². The smallest absolute Gasteiger partial charge is 0.295 e. The number of hydrogen-bond acceptors (Lipinski definition) is 6. The van der Waals surface area contributed by atoms with Gasteiger partial charge in [-0.05, 0) is 66.1 Å². The minimum absolute atomic E-state index is 0.0176. The molecule has 1 heterocycles. The van der Waals surface area contributed by atoms with Crippen molar-refractivity contribution < 1.29 is 28.9 Å². The lowest BCUT2D eigenvalue weighted by Gasteiger charge is -2.25. The van der Waals surface area contributed by atoms with Gasteiger partial charge in [-0.25, -0.2) is 0 Å². The third kappa shape index (κ3) is 6.15. The van der Waals surface area contributed by atoms with Crippen LogP contribution in [-0.2, 0) is 20.9 Å². The Morgan fingerprint density at radius 1 is 0.829 bits per heavy atom. The standard InChI is InChI=1S/C34H31NO6/c1-23-20-27(40-22-24-10-5-3-6-11-24)16-17-29(23)32(36)30-31(35(18-19-39-2)34(38)33(30)37)25-12-9-15-28(21-25)41-26-13-7-4-8-14-26/h3-17,20-21,31,36H,18-19,22H2,1-2H3. The molecule has 208 valence electrons. The number of methoxy groups -OCH3 is 1. The number of hydrogen-bond donors (Lipinski definition) is 1. The first-order valence-electron chi connectivity index (χ1n) is 13.3. The number of carbonyl (C=O) groups excluding carboxylic acids is 2. The van der Waals surface area contributed by atoms with Gasteiger partial charge in [0.05, 0.1) is 18.2 Å². The lowest BCUT2D eigenvalue weighted by molar-refractivity contribution is -0.140. The minimum atomic E-state index is -0.821. The Morgan fingerprint density at radius 3 is 2.24 bits per heavy atom. The number of aliphatic hydroxyl groups is 1. The fourth-order valence-electron chi connectivity index (χ4n) is 4.90. The van der Waals surface area contributed by atoms with Crippen molar-refractivity contribution in [1.82, 2.24) is 4.90 Å². The SMILES string of the molecule is COCCN1C(=O)C(=O)C(=C(O)c2ccc(OCc3ccccc3)cc2C)C1c1cccc(Oc2ccccc2)c1. The molecular weight excluding hydrogens is 518 g/mol. The first-order chi connectivity index (χ1) is 20.0. The second kappa shape index (κ2) is 12.5. The number of amides is 1. The van der Waals surface area contributed by atoms with Crippen molar-refractivity contribution in [1.29, 1.82) is 0 Å². The largest absolute Gasteiger partial charge is 0.507 e. The molecular formula is C34H31NO6. The van der Waals surface area contributed by atoms with Crippen molar-refractivity contribution in [3.8, 4) is 17.2 Å². The summed E-state index contributed by atoms with van der Waals surface area (Å²) in [6.45, 7) is 2.64. The van der Waals surface area contributed by atoms with Crippen LogP contribution in [0.15, 0.2) is 109 Å². The van der Waals surface area contributed by atoms with Crippen LogP contribution in [0.5, 0.6) is 17.2 Å². The van der Waals surface area contributed by atoms with Gasteiger partial charge >= 0.3 is 0 Å². The van der Waals surface area contributed by atoms with Gasteiger partial charge in [-0.1, -0.05) is 60.7 Å². The van der Waals surface area contributed by atoms with E-state index in [1.165, 1.54) is 12.0 Å². The van der Waals surface area contributed by atoms with Crippen LogP contribution in [0.2, 0.25) is 0 Å². The van der Waals surface area contributed by atoms with Crippen molar-refractivity contribution in [3.63, 3.8) is 0 Å². The van der Waals surface area contributed by atoms with Gasteiger partial charge < -0.3 is 24.2 Å². The first-order valence-corrected chi connectivity index (χ1v) is 13.3. The summed E-state index contributed by atoms with van der Waals surface area (Å²) in [6.07, 6.45) is 0. The third-order valence-corrected chi connectivity index (χ3v) is 6.93. The Morgan fingerprint density at radius 2 is 1.54 bits per heavy atom. The molecule has 1 fully saturated rings. The summed E-state index contributed by atoms with van der Waals surface area (Å²) in [7, 11) is 1.53. The molecule has 5 rings (SSSR count). The van der Waals surface area contributed by atoms with E-state index < -0.39 is 17.7 Å². The van der Waals surface area contributed by atoms with Crippen molar-refractivity contribution in [2.24, 2.45) is 0 Å². The van der Waals surface area contributed by atoms with Crippen LogP contribution in [0.4, 0.5) is 0 Å². The average Bonchev–Trinajstić information content (AvgIpc) is 3.25. The van der Waals surface area contributed by atoms with Crippen LogP contribution in [0.1, 0.15) is 28.3 Å². The fraction of sp³-hybridized carbons (Fsp3) is 0.176. The highest BCUT2D eigenvalue weighted by molar-refractivity contribution is 6.46. The summed E-state index contributed by atoms with van der Waals surface area (Å²) >= 11 is 0. The third-order valence-electron chi connectivity index (χ3n) is 6.93. The second-order valence-corrected chi connectivity index (χ2v) is 9.72. The van der Waals surface area contributed by atoms with E-state index in [2.05, 4.69) is 0 Å².